The average molecular weight is 348 g/mol. The highest BCUT2D eigenvalue weighted by Gasteiger charge is 2.22. The lowest BCUT2D eigenvalue weighted by Gasteiger charge is -2.14. The highest BCUT2D eigenvalue weighted by Crippen LogP contribution is 2.22. The van der Waals surface area contributed by atoms with Crippen molar-refractivity contribution in [1.82, 2.24) is 9.88 Å². The van der Waals surface area contributed by atoms with Crippen LogP contribution in [0.15, 0.2) is 29.6 Å². The van der Waals surface area contributed by atoms with Gasteiger partial charge in [0.25, 0.3) is 0 Å². The van der Waals surface area contributed by atoms with Gasteiger partial charge in [-0.2, -0.15) is 0 Å². The summed E-state index contributed by atoms with van der Waals surface area (Å²) in [6.07, 6.45) is 0. The number of aromatic nitrogens is 1. The summed E-state index contributed by atoms with van der Waals surface area (Å²) in [7, 11) is 0. The van der Waals surface area contributed by atoms with Gasteiger partial charge in [-0.05, 0) is 31.2 Å². The Kier molecular flexibility index (Phi) is 4.82. The lowest BCUT2D eigenvalue weighted by atomic mass is 10.3. The van der Waals surface area contributed by atoms with Crippen molar-refractivity contribution in [2.24, 2.45) is 0 Å². The highest BCUT2D eigenvalue weighted by atomic mass is 32.2. The van der Waals surface area contributed by atoms with E-state index in [1.807, 2.05) is 36.6 Å². The van der Waals surface area contributed by atoms with Crippen LogP contribution in [0.2, 0.25) is 0 Å². The van der Waals surface area contributed by atoms with Crippen LogP contribution in [0.25, 0.3) is 0 Å². The van der Waals surface area contributed by atoms with Crippen molar-refractivity contribution in [2.75, 3.05) is 28.8 Å². The van der Waals surface area contributed by atoms with Gasteiger partial charge in [0.05, 0.1) is 17.3 Å². The van der Waals surface area contributed by atoms with Crippen LogP contribution in [0.4, 0.5) is 16.5 Å². The number of hydrogen-bond donors (Lipinski definition) is 2. The number of nitrogens with one attached hydrogen (secondary N) is 2. The summed E-state index contributed by atoms with van der Waals surface area (Å²) in [5.41, 5.74) is 2.59. The summed E-state index contributed by atoms with van der Waals surface area (Å²) in [6.45, 7) is 2.05. The molecule has 1 aromatic carbocycles. The molecule has 1 fully saturated rings. The second-order valence-corrected chi connectivity index (χ2v) is 6.93. The first-order valence-electron chi connectivity index (χ1n) is 7.05. The molecule has 1 aliphatic heterocycles. The van der Waals surface area contributed by atoms with Crippen LogP contribution in [-0.4, -0.2) is 39.9 Å². The molecule has 120 valence electrons. The van der Waals surface area contributed by atoms with Crippen LogP contribution in [0.1, 0.15) is 5.69 Å². The zero-order valence-corrected chi connectivity index (χ0v) is 14.2. The van der Waals surface area contributed by atoms with Gasteiger partial charge in [0.2, 0.25) is 11.8 Å². The van der Waals surface area contributed by atoms with Crippen molar-refractivity contribution < 1.29 is 9.59 Å². The summed E-state index contributed by atoms with van der Waals surface area (Å²) in [5.74, 6) is 0.882. The molecule has 6 nitrogen and oxygen atoms in total. The Hall–Kier alpha value is -2.06. The van der Waals surface area contributed by atoms with Crippen molar-refractivity contribution in [1.29, 1.82) is 0 Å². The maximum atomic E-state index is 12.0. The Labute approximate surface area is 142 Å². The van der Waals surface area contributed by atoms with Crippen LogP contribution in [0, 0.1) is 6.92 Å². The quantitative estimate of drug-likeness (QED) is 0.869. The summed E-state index contributed by atoms with van der Waals surface area (Å²) in [4.78, 5) is 29.3. The summed E-state index contributed by atoms with van der Waals surface area (Å²) in [6, 6.07) is 7.40. The van der Waals surface area contributed by atoms with Gasteiger partial charge in [0.1, 0.15) is 6.54 Å². The maximum absolute atomic E-state index is 12.0. The Bertz CT molecular complexity index is 715. The predicted molar refractivity (Wildman–Crippen MR) is 94.2 cm³/mol. The molecule has 2 aromatic rings. The molecule has 8 heteroatoms. The fourth-order valence-corrected chi connectivity index (χ4v) is 3.70. The van der Waals surface area contributed by atoms with Crippen molar-refractivity contribution in [3.05, 3.63) is 35.3 Å². The molecule has 1 aromatic heterocycles. The molecule has 1 saturated heterocycles. The fourth-order valence-electron chi connectivity index (χ4n) is 2.09. The summed E-state index contributed by atoms with van der Waals surface area (Å²) < 4.78 is 0. The smallest absolute Gasteiger partial charge is 0.244 e. The largest absolute Gasteiger partial charge is 0.332 e. The van der Waals surface area contributed by atoms with E-state index in [9.17, 15) is 9.59 Å². The van der Waals surface area contributed by atoms with E-state index in [1.54, 1.807) is 16.2 Å². The zero-order chi connectivity index (χ0) is 16.2. The molecule has 0 aliphatic carbocycles. The third kappa shape index (κ3) is 4.23. The van der Waals surface area contributed by atoms with E-state index < -0.39 is 0 Å². The van der Waals surface area contributed by atoms with Crippen molar-refractivity contribution in [3.63, 3.8) is 0 Å². The standard InChI is InChI=1S/C15H16N4O2S2/c1-10-7-23-15(16-10)18-12-4-2-11(3-5-12)17-13(20)6-19-9-22-8-14(19)21/h2-5,7H,6,8-9H2,1H3,(H,16,18)(H,17,20). The van der Waals surface area contributed by atoms with E-state index in [1.165, 1.54) is 11.8 Å². The minimum atomic E-state index is -0.183. The van der Waals surface area contributed by atoms with E-state index in [0.717, 1.165) is 16.5 Å². The topological polar surface area (TPSA) is 74.3 Å². The highest BCUT2D eigenvalue weighted by molar-refractivity contribution is 8.00. The van der Waals surface area contributed by atoms with Crippen LogP contribution in [0.5, 0.6) is 0 Å². The number of thiazole rings is 1. The molecule has 0 spiro atoms. The number of anilines is 3. The van der Waals surface area contributed by atoms with Gasteiger partial charge >= 0.3 is 0 Å². The SMILES string of the molecule is Cc1csc(Nc2ccc(NC(=O)CN3CSCC3=O)cc2)n1. The first kappa shape index (κ1) is 15.8. The van der Waals surface area contributed by atoms with Crippen molar-refractivity contribution in [2.45, 2.75) is 6.92 Å². The molecule has 0 atom stereocenters. The molecule has 1 aliphatic rings. The monoisotopic (exact) mass is 348 g/mol. The molecule has 0 unspecified atom stereocenters. The molecule has 23 heavy (non-hydrogen) atoms. The van der Waals surface area contributed by atoms with E-state index in [2.05, 4.69) is 15.6 Å². The van der Waals surface area contributed by atoms with Gasteiger partial charge in [-0.3, -0.25) is 9.59 Å². The molecule has 0 saturated carbocycles. The van der Waals surface area contributed by atoms with Gasteiger partial charge in [-0.25, -0.2) is 4.98 Å². The summed E-state index contributed by atoms with van der Waals surface area (Å²) >= 11 is 3.07. The first-order chi connectivity index (χ1) is 11.1. The minimum Gasteiger partial charge on any atom is -0.332 e. The second kappa shape index (κ2) is 7.01. The Morgan fingerprint density at radius 2 is 2.04 bits per heavy atom. The van der Waals surface area contributed by atoms with Gasteiger partial charge in [0.15, 0.2) is 5.13 Å². The third-order valence-electron chi connectivity index (χ3n) is 3.20. The van der Waals surface area contributed by atoms with Gasteiger partial charge in [0, 0.05) is 16.8 Å². The normalized spacial score (nSPS) is 14.1. The molecule has 2 amide bonds. The number of nitrogens with zero attached hydrogens (tertiary/aromatic N) is 2. The number of thioether (sulfide) groups is 1. The molecule has 0 radical (unpaired) electrons. The number of rotatable bonds is 5. The number of benzene rings is 1. The molecule has 0 bridgehead atoms. The van der Waals surface area contributed by atoms with Gasteiger partial charge in [-0.15, -0.1) is 23.1 Å². The Morgan fingerprint density at radius 3 is 2.65 bits per heavy atom. The molecular formula is C15H16N4O2S2. The second-order valence-electron chi connectivity index (χ2n) is 5.11. The molecule has 2 N–H and O–H groups in total. The van der Waals surface area contributed by atoms with Crippen LogP contribution < -0.4 is 10.6 Å². The van der Waals surface area contributed by atoms with Crippen LogP contribution in [-0.2, 0) is 9.59 Å². The molecule has 3 rings (SSSR count). The Balaban J connectivity index is 1.54. The Morgan fingerprint density at radius 1 is 1.30 bits per heavy atom. The van der Waals surface area contributed by atoms with Crippen molar-refractivity contribution in [3.8, 4) is 0 Å². The van der Waals surface area contributed by atoms with E-state index in [-0.39, 0.29) is 18.4 Å². The lowest BCUT2D eigenvalue weighted by Crippen LogP contribution is -2.34. The predicted octanol–water partition coefficient (Wildman–Crippen LogP) is 2.67. The van der Waals surface area contributed by atoms with Gasteiger partial charge < -0.3 is 15.5 Å². The number of carbonyl (C=O) groups is 2. The average Bonchev–Trinajstić information content (AvgIpc) is 3.10. The fraction of sp³-hybridized carbons (Fsp3) is 0.267. The summed E-state index contributed by atoms with van der Waals surface area (Å²) in [5, 5.41) is 8.83. The van der Waals surface area contributed by atoms with Crippen LogP contribution in [0.3, 0.4) is 0 Å². The number of aryl methyl sites for hydroxylation is 1. The van der Waals surface area contributed by atoms with Crippen molar-refractivity contribution >= 4 is 51.4 Å². The number of amides is 2. The number of hydrogen-bond acceptors (Lipinski definition) is 6. The number of carbonyl (C=O) groups excluding carboxylic acids is 2. The lowest BCUT2D eigenvalue weighted by molar-refractivity contribution is -0.130. The van der Waals surface area contributed by atoms with E-state index in [4.69, 9.17) is 0 Å². The maximum Gasteiger partial charge on any atom is 0.244 e. The van der Waals surface area contributed by atoms with E-state index in [0.29, 0.717) is 17.3 Å². The molecular weight excluding hydrogens is 332 g/mol. The minimum absolute atomic E-state index is 0.0171. The van der Waals surface area contributed by atoms with Gasteiger partial charge in [-0.1, -0.05) is 0 Å². The zero-order valence-electron chi connectivity index (χ0n) is 12.5. The first-order valence-corrected chi connectivity index (χ1v) is 9.08. The third-order valence-corrected chi connectivity index (χ3v) is 5.02. The van der Waals surface area contributed by atoms with E-state index >= 15 is 0 Å². The molecule has 2 heterocycles. The van der Waals surface area contributed by atoms with Crippen LogP contribution >= 0.6 is 23.1 Å².